The van der Waals surface area contributed by atoms with Crippen LogP contribution in [0.2, 0.25) is 0 Å². The standard InChI is InChI=1S/C21H24N10O3/c1-14(22)27-21(34-2)15-7-9-29(10-8-15)20-18(31(32)33)19(24-12-25-20)28-16-3-5-17(6-4-16)30-13-23-11-26-30/h3-6,11-13,15,22H,7-10H2,1-2H3,(H,24,25,28)/b22-14?,27-21-. The van der Waals surface area contributed by atoms with E-state index in [1.807, 2.05) is 17.0 Å². The Bertz CT molecular complexity index is 1190. The highest BCUT2D eigenvalue weighted by Crippen LogP contribution is 2.35. The Morgan fingerprint density at radius 2 is 1.97 bits per heavy atom. The van der Waals surface area contributed by atoms with Crippen molar-refractivity contribution in [3.63, 3.8) is 0 Å². The van der Waals surface area contributed by atoms with E-state index >= 15 is 0 Å². The number of hydrogen-bond donors (Lipinski definition) is 2. The molecule has 1 aromatic carbocycles. The van der Waals surface area contributed by atoms with Crippen LogP contribution in [-0.4, -0.2) is 61.6 Å². The summed E-state index contributed by atoms with van der Waals surface area (Å²) in [5.41, 5.74) is 1.26. The predicted molar refractivity (Wildman–Crippen MR) is 126 cm³/mol. The Balaban J connectivity index is 1.53. The fourth-order valence-corrected chi connectivity index (χ4v) is 3.84. The van der Waals surface area contributed by atoms with Gasteiger partial charge in [0.05, 0.1) is 17.7 Å². The molecule has 3 heterocycles. The highest BCUT2D eigenvalue weighted by Gasteiger charge is 2.31. The van der Waals surface area contributed by atoms with Crippen LogP contribution >= 0.6 is 0 Å². The van der Waals surface area contributed by atoms with Gasteiger partial charge in [-0.2, -0.15) is 5.10 Å². The molecule has 0 amide bonds. The fourth-order valence-electron chi connectivity index (χ4n) is 3.84. The summed E-state index contributed by atoms with van der Waals surface area (Å²) in [5, 5.41) is 26.7. The minimum absolute atomic E-state index is 0.0449. The molecule has 1 fully saturated rings. The van der Waals surface area contributed by atoms with E-state index in [0.29, 0.717) is 37.5 Å². The number of piperidine rings is 1. The average Bonchev–Trinajstić information content (AvgIpc) is 3.38. The fraction of sp³-hybridized carbons (Fsp3) is 0.333. The Kier molecular flexibility index (Phi) is 6.71. The first kappa shape index (κ1) is 22.8. The van der Waals surface area contributed by atoms with Crippen LogP contribution in [0, 0.1) is 21.4 Å². The van der Waals surface area contributed by atoms with Gasteiger partial charge < -0.3 is 15.0 Å². The van der Waals surface area contributed by atoms with E-state index in [9.17, 15) is 10.1 Å². The quantitative estimate of drug-likeness (QED) is 0.242. The van der Waals surface area contributed by atoms with Gasteiger partial charge in [0.2, 0.25) is 11.6 Å². The van der Waals surface area contributed by atoms with E-state index in [1.165, 1.54) is 12.7 Å². The third kappa shape index (κ3) is 4.98. The van der Waals surface area contributed by atoms with E-state index in [-0.39, 0.29) is 29.1 Å². The summed E-state index contributed by atoms with van der Waals surface area (Å²) >= 11 is 0. The summed E-state index contributed by atoms with van der Waals surface area (Å²) in [6, 6.07) is 7.21. The van der Waals surface area contributed by atoms with Crippen LogP contribution in [0.1, 0.15) is 19.8 Å². The lowest BCUT2D eigenvalue weighted by molar-refractivity contribution is -0.383. The maximum atomic E-state index is 12.0. The van der Waals surface area contributed by atoms with Crippen LogP contribution in [-0.2, 0) is 4.74 Å². The van der Waals surface area contributed by atoms with Crippen molar-refractivity contribution in [2.45, 2.75) is 19.8 Å². The monoisotopic (exact) mass is 464 g/mol. The van der Waals surface area contributed by atoms with Crippen molar-refractivity contribution in [1.29, 1.82) is 5.41 Å². The van der Waals surface area contributed by atoms with Crippen LogP contribution in [0.4, 0.5) is 23.0 Å². The second-order valence-electron chi connectivity index (χ2n) is 7.66. The highest BCUT2D eigenvalue weighted by molar-refractivity contribution is 5.92. The molecule has 0 unspecified atom stereocenters. The molecule has 0 bridgehead atoms. The van der Waals surface area contributed by atoms with Crippen LogP contribution in [0.15, 0.2) is 48.2 Å². The number of nitrogens with one attached hydrogen (secondary N) is 2. The summed E-state index contributed by atoms with van der Waals surface area (Å²) < 4.78 is 6.97. The van der Waals surface area contributed by atoms with Gasteiger partial charge in [0.25, 0.3) is 0 Å². The normalized spacial score (nSPS) is 14.6. The number of aliphatic imine (C=N–C) groups is 1. The maximum absolute atomic E-state index is 12.0. The molecule has 0 spiro atoms. The Morgan fingerprint density at radius 1 is 1.24 bits per heavy atom. The molecule has 1 aliphatic heterocycles. The van der Waals surface area contributed by atoms with Gasteiger partial charge in [-0.1, -0.05) is 0 Å². The van der Waals surface area contributed by atoms with E-state index in [0.717, 1.165) is 5.69 Å². The van der Waals surface area contributed by atoms with Crippen molar-refractivity contribution in [2.75, 3.05) is 30.4 Å². The van der Waals surface area contributed by atoms with Gasteiger partial charge >= 0.3 is 5.69 Å². The van der Waals surface area contributed by atoms with E-state index < -0.39 is 4.92 Å². The summed E-state index contributed by atoms with van der Waals surface area (Å²) in [7, 11) is 1.54. The number of amidine groups is 1. The van der Waals surface area contributed by atoms with Crippen LogP contribution in [0.3, 0.4) is 0 Å². The Labute approximate surface area is 195 Å². The van der Waals surface area contributed by atoms with E-state index in [1.54, 1.807) is 37.2 Å². The van der Waals surface area contributed by atoms with Gasteiger partial charge in [0.1, 0.15) is 24.8 Å². The molecule has 34 heavy (non-hydrogen) atoms. The molecule has 2 N–H and O–H groups in total. The molecule has 0 aliphatic carbocycles. The number of rotatable bonds is 6. The first-order chi connectivity index (χ1) is 16.5. The van der Waals surface area contributed by atoms with Gasteiger partial charge in [-0.3, -0.25) is 15.5 Å². The molecule has 2 aromatic heterocycles. The number of nitrogens with zero attached hydrogens (tertiary/aromatic N) is 8. The summed E-state index contributed by atoms with van der Waals surface area (Å²) in [6.07, 6.45) is 5.70. The van der Waals surface area contributed by atoms with Crippen LogP contribution < -0.4 is 10.2 Å². The molecule has 1 saturated heterocycles. The molecule has 176 valence electrons. The van der Waals surface area contributed by atoms with Crippen molar-refractivity contribution < 1.29 is 9.66 Å². The zero-order valence-electron chi connectivity index (χ0n) is 18.7. The van der Waals surface area contributed by atoms with Crippen LogP contribution in [0.5, 0.6) is 0 Å². The lowest BCUT2D eigenvalue weighted by Crippen LogP contribution is -2.37. The Hall–Kier alpha value is -4.42. The third-order valence-corrected chi connectivity index (χ3v) is 5.43. The lowest BCUT2D eigenvalue weighted by Gasteiger charge is -2.32. The second kappa shape index (κ2) is 10.0. The molecule has 3 aromatic rings. The van der Waals surface area contributed by atoms with Crippen LogP contribution in [0.25, 0.3) is 5.69 Å². The first-order valence-electron chi connectivity index (χ1n) is 10.6. The maximum Gasteiger partial charge on any atom is 0.353 e. The second-order valence-corrected chi connectivity index (χ2v) is 7.66. The molecule has 0 atom stereocenters. The Morgan fingerprint density at radius 3 is 2.56 bits per heavy atom. The largest absolute Gasteiger partial charge is 0.484 e. The summed E-state index contributed by atoms with van der Waals surface area (Å²) in [5.74, 6) is 1.11. The predicted octanol–water partition coefficient (Wildman–Crippen LogP) is 2.97. The highest BCUT2D eigenvalue weighted by atomic mass is 16.6. The molecule has 4 rings (SSSR count). The zero-order chi connectivity index (χ0) is 24.1. The zero-order valence-corrected chi connectivity index (χ0v) is 18.7. The van der Waals surface area contributed by atoms with E-state index in [4.69, 9.17) is 10.1 Å². The SMILES string of the molecule is CO/C(=N\C(C)=N)C1CCN(c2ncnc(Nc3ccc(-n4cncn4)cc3)c2[N+](=O)[O-])CC1. The smallest absolute Gasteiger partial charge is 0.353 e. The molecule has 13 heteroatoms. The minimum Gasteiger partial charge on any atom is -0.484 e. The van der Waals surface area contributed by atoms with Crippen molar-refractivity contribution >= 4 is 34.7 Å². The molecular weight excluding hydrogens is 440 g/mol. The number of ether oxygens (including phenoxy) is 1. The minimum atomic E-state index is -0.464. The molecular formula is C21H24N10O3. The number of hydrogen-bond acceptors (Lipinski definition) is 10. The van der Waals surface area contributed by atoms with Crippen molar-refractivity contribution in [3.8, 4) is 5.69 Å². The first-order valence-corrected chi connectivity index (χ1v) is 10.6. The van der Waals surface area contributed by atoms with Crippen molar-refractivity contribution in [1.82, 2.24) is 24.7 Å². The molecule has 0 saturated carbocycles. The molecule has 13 nitrogen and oxygen atoms in total. The van der Waals surface area contributed by atoms with Gasteiger partial charge in [0.15, 0.2) is 5.90 Å². The number of benzene rings is 1. The van der Waals surface area contributed by atoms with Gasteiger partial charge in [-0.25, -0.2) is 24.6 Å². The summed E-state index contributed by atoms with van der Waals surface area (Å²) in [6.45, 7) is 2.66. The number of methoxy groups -OCH3 is 1. The van der Waals surface area contributed by atoms with Gasteiger partial charge in [0, 0.05) is 24.7 Å². The summed E-state index contributed by atoms with van der Waals surface area (Å²) in [4.78, 5) is 29.9. The number of anilines is 3. The average molecular weight is 464 g/mol. The number of aromatic nitrogens is 5. The van der Waals surface area contributed by atoms with Crippen molar-refractivity contribution in [3.05, 3.63) is 53.4 Å². The van der Waals surface area contributed by atoms with E-state index in [2.05, 4.69) is 30.4 Å². The lowest BCUT2D eigenvalue weighted by atomic mass is 9.96. The van der Waals surface area contributed by atoms with Crippen molar-refractivity contribution in [2.24, 2.45) is 10.9 Å². The molecule has 0 radical (unpaired) electrons. The molecule has 1 aliphatic rings. The van der Waals surface area contributed by atoms with Gasteiger partial charge in [-0.05, 0) is 44.0 Å². The van der Waals surface area contributed by atoms with Gasteiger partial charge in [-0.15, -0.1) is 0 Å². The number of nitro groups is 1. The topological polar surface area (TPSA) is 160 Å². The third-order valence-electron chi connectivity index (χ3n) is 5.43.